The van der Waals surface area contributed by atoms with E-state index in [-0.39, 0.29) is 23.7 Å². The molecular formula is C14H16FNO. The van der Waals surface area contributed by atoms with E-state index in [1.54, 1.807) is 18.2 Å². The standard InChI is InChI=1S/C14H16FNO/c1-9(10-4-2-3-5-12(10)15)16-13(17)11-8-14(11)6-7-14/h2-5,9,11H,6-8H2,1H3,(H,16,17)/t9-,11?/m1/s1. The minimum atomic E-state index is -0.253. The zero-order valence-corrected chi connectivity index (χ0v) is 9.87. The van der Waals surface area contributed by atoms with Gasteiger partial charge in [0.15, 0.2) is 0 Å². The molecule has 2 aliphatic rings. The number of carbonyl (C=O) groups excluding carboxylic acids is 1. The van der Waals surface area contributed by atoms with Crippen LogP contribution >= 0.6 is 0 Å². The molecule has 0 saturated heterocycles. The van der Waals surface area contributed by atoms with Crippen LogP contribution in [0.4, 0.5) is 4.39 Å². The zero-order chi connectivity index (χ0) is 12.0. The van der Waals surface area contributed by atoms with Gasteiger partial charge in [-0.15, -0.1) is 0 Å². The molecule has 1 unspecified atom stereocenters. The first kappa shape index (κ1) is 10.8. The number of amides is 1. The lowest BCUT2D eigenvalue weighted by Crippen LogP contribution is -2.29. The topological polar surface area (TPSA) is 29.1 Å². The van der Waals surface area contributed by atoms with Crippen molar-refractivity contribution in [2.45, 2.75) is 32.2 Å². The van der Waals surface area contributed by atoms with Crippen molar-refractivity contribution in [2.75, 3.05) is 0 Å². The molecule has 3 heteroatoms. The Morgan fingerprint density at radius 2 is 2.18 bits per heavy atom. The zero-order valence-electron chi connectivity index (χ0n) is 9.87. The third kappa shape index (κ3) is 1.84. The van der Waals surface area contributed by atoms with Crippen molar-refractivity contribution < 1.29 is 9.18 Å². The molecule has 2 nitrogen and oxygen atoms in total. The summed E-state index contributed by atoms with van der Waals surface area (Å²) in [5, 5.41) is 2.92. The SMILES string of the molecule is C[C@@H](NC(=O)C1CC12CC2)c1ccccc1F. The van der Waals surface area contributed by atoms with E-state index in [2.05, 4.69) is 5.32 Å². The molecule has 0 aliphatic heterocycles. The smallest absolute Gasteiger partial charge is 0.224 e. The summed E-state index contributed by atoms with van der Waals surface area (Å²) in [5.41, 5.74) is 0.922. The summed E-state index contributed by atoms with van der Waals surface area (Å²) < 4.78 is 13.5. The van der Waals surface area contributed by atoms with Gasteiger partial charge in [0, 0.05) is 11.5 Å². The van der Waals surface area contributed by atoms with Gasteiger partial charge < -0.3 is 5.32 Å². The maximum absolute atomic E-state index is 13.5. The molecule has 2 fully saturated rings. The summed E-state index contributed by atoms with van der Waals surface area (Å²) in [7, 11) is 0. The van der Waals surface area contributed by atoms with Crippen molar-refractivity contribution >= 4 is 5.91 Å². The molecule has 0 heterocycles. The minimum Gasteiger partial charge on any atom is -0.349 e. The molecule has 3 rings (SSSR count). The van der Waals surface area contributed by atoms with Gasteiger partial charge in [0.1, 0.15) is 5.82 Å². The molecule has 0 radical (unpaired) electrons. The summed E-state index contributed by atoms with van der Waals surface area (Å²) >= 11 is 0. The molecule has 1 N–H and O–H groups in total. The van der Waals surface area contributed by atoms with Crippen LogP contribution in [0.1, 0.15) is 37.8 Å². The third-order valence-corrected chi connectivity index (χ3v) is 4.13. The molecule has 1 aromatic carbocycles. The summed E-state index contributed by atoms with van der Waals surface area (Å²) in [6.45, 7) is 1.83. The maximum atomic E-state index is 13.5. The van der Waals surface area contributed by atoms with Crippen molar-refractivity contribution in [1.82, 2.24) is 5.32 Å². The van der Waals surface area contributed by atoms with Gasteiger partial charge in [-0.3, -0.25) is 4.79 Å². The van der Waals surface area contributed by atoms with Crippen molar-refractivity contribution in [1.29, 1.82) is 0 Å². The van der Waals surface area contributed by atoms with Crippen molar-refractivity contribution in [3.8, 4) is 0 Å². The summed E-state index contributed by atoms with van der Waals surface area (Å²) in [6, 6.07) is 6.35. The van der Waals surface area contributed by atoms with Gasteiger partial charge in [-0.2, -0.15) is 0 Å². The highest BCUT2D eigenvalue weighted by Crippen LogP contribution is 2.70. The van der Waals surface area contributed by atoms with Gasteiger partial charge in [-0.25, -0.2) is 4.39 Å². The number of carbonyl (C=O) groups is 1. The molecule has 0 aromatic heterocycles. The Bertz CT molecular complexity index is 467. The molecule has 0 bridgehead atoms. The van der Waals surface area contributed by atoms with Crippen LogP contribution in [0.25, 0.3) is 0 Å². The summed E-state index contributed by atoms with van der Waals surface area (Å²) in [4.78, 5) is 11.9. The average molecular weight is 233 g/mol. The number of rotatable bonds is 3. The Kier molecular flexibility index (Phi) is 2.25. The Labute approximate surface area is 100 Å². The van der Waals surface area contributed by atoms with Gasteiger partial charge in [0.25, 0.3) is 0 Å². The lowest BCUT2D eigenvalue weighted by molar-refractivity contribution is -0.123. The van der Waals surface area contributed by atoms with E-state index in [9.17, 15) is 9.18 Å². The Hall–Kier alpha value is -1.38. The first-order chi connectivity index (χ1) is 8.12. The van der Waals surface area contributed by atoms with E-state index in [1.807, 2.05) is 6.92 Å². The summed E-state index contributed by atoms with van der Waals surface area (Å²) in [5.74, 6) is 0.0345. The Morgan fingerprint density at radius 3 is 2.76 bits per heavy atom. The Balaban J connectivity index is 1.65. The number of benzene rings is 1. The first-order valence-electron chi connectivity index (χ1n) is 6.17. The van der Waals surface area contributed by atoms with E-state index >= 15 is 0 Å². The normalized spacial score (nSPS) is 25.4. The molecule has 17 heavy (non-hydrogen) atoms. The second-order valence-electron chi connectivity index (χ2n) is 5.37. The van der Waals surface area contributed by atoms with E-state index in [1.165, 1.54) is 18.9 Å². The fraction of sp³-hybridized carbons (Fsp3) is 0.500. The van der Waals surface area contributed by atoms with E-state index in [4.69, 9.17) is 0 Å². The van der Waals surface area contributed by atoms with E-state index in [0.29, 0.717) is 11.0 Å². The monoisotopic (exact) mass is 233 g/mol. The van der Waals surface area contributed by atoms with Crippen LogP contribution in [-0.4, -0.2) is 5.91 Å². The van der Waals surface area contributed by atoms with Gasteiger partial charge in [0.2, 0.25) is 5.91 Å². The predicted octanol–water partition coefficient (Wildman–Crippen LogP) is 2.80. The lowest BCUT2D eigenvalue weighted by atomic mass is 10.1. The number of hydrogen-bond donors (Lipinski definition) is 1. The molecule has 1 spiro atoms. The minimum absolute atomic E-state index is 0.0956. The molecule has 2 saturated carbocycles. The van der Waals surface area contributed by atoms with Gasteiger partial charge in [-0.1, -0.05) is 18.2 Å². The maximum Gasteiger partial charge on any atom is 0.224 e. The highest BCUT2D eigenvalue weighted by atomic mass is 19.1. The fourth-order valence-corrected chi connectivity index (χ4v) is 2.65. The summed E-state index contributed by atoms with van der Waals surface area (Å²) in [6.07, 6.45) is 3.42. The van der Waals surface area contributed by atoms with Crippen LogP contribution in [0.2, 0.25) is 0 Å². The van der Waals surface area contributed by atoms with Gasteiger partial charge in [-0.05, 0) is 37.7 Å². The largest absolute Gasteiger partial charge is 0.349 e. The molecule has 2 aliphatic carbocycles. The highest BCUT2D eigenvalue weighted by Gasteiger charge is 2.65. The van der Waals surface area contributed by atoms with Crippen LogP contribution in [0.15, 0.2) is 24.3 Å². The van der Waals surface area contributed by atoms with Crippen LogP contribution < -0.4 is 5.32 Å². The van der Waals surface area contributed by atoms with E-state index in [0.717, 1.165) is 6.42 Å². The van der Waals surface area contributed by atoms with Gasteiger partial charge in [0.05, 0.1) is 6.04 Å². The second-order valence-corrected chi connectivity index (χ2v) is 5.37. The average Bonchev–Trinajstić information content (AvgIpc) is 3.20. The molecule has 1 amide bonds. The first-order valence-corrected chi connectivity index (χ1v) is 6.17. The van der Waals surface area contributed by atoms with E-state index < -0.39 is 0 Å². The number of hydrogen-bond acceptors (Lipinski definition) is 1. The van der Waals surface area contributed by atoms with Gasteiger partial charge >= 0.3 is 0 Å². The highest BCUT2D eigenvalue weighted by molar-refractivity contribution is 5.83. The van der Waals surface area contributed by atoms with Crippen LogP contribution in [0.5, 0.6) is 0 Å². The third-order valence-electron chi connectivity index (χ3n) is 4.13. The number of nitrogens with one attached hydrogen (secondary N) is 1. The molecule has 1 aromatic rings. The quantitative estimate of drug-likeness (QED) is 0.854. The van der Waals surface area contributed by atoms with Crippen LogP contribution in [0, 0.1) is 17.2 Å². The van der Waals surface area contributed by atoms with Crippen LogP contribution in [-0.2, 0) is 4.79 Å². The predicted molar refractivity (Wildman–Crippen MR) is 62.7 cm³/mol. The second kappa shape index (κ2) is 3.56. The van der Waals surface area contributed by atoms with Crippen LogP contribution in [0.3, 0.4) is 0 Å². The van der Waals surface area contributed by atoms with Crippen molar-refractivity contribution in [2.24, 2.45) is 11.3 Å². The Morgan fingerprint density at radius 1 is 1.47 bits per heavy atom. The lowest BCUT2D eigenvalue weighted by Gasteiger charge is -2.15. The number of halogens is 1. The van der Waals surface area contributed by atoms with Crippen molar-refractivity contribution in [3.05, 3.63) is 35.6 Å². The molecule has 90 valence electrons. The van der Waals surface area contributed by atoms with Crippen molar-refractivity contribution in [3.63, 3.8) is 0 Å². The molecule has 2 atom stereocenters. The molecular weight excluding hydrogens is 217 g/mol. The fourth-order valence-electron chi connectivity index (χ4n) is 2.65.